The Morgan fingerprint density at radius 2 is 1.74 bits per heavy atom. The highest BCUT2D eigenvalue weighted by molar-refractivity contribution is 5.81. The third-order valence-corrected chi connectivity index (χ3v) is 3.89. The van der Waals surface area contributed by atoms with Crippen LogP contribution in [0.4, 0.5) is 14.5 Å². The number of anilines is 1. The number of carbonyl (C=O) groups excluding carboxylic acids is 1. The van der Waals surface area contributed by atoms with E-state index in [-0.39, 0.29) is 17.2 Å². The normalized spacial score (nSPS) is 16.0. The lowest BCUT2D eigenvalue weighted by Gasteiger charge is -2.29. The molecule has 0 N–H and O–H groups in total. The van der Waals surface area contributed by atoms with Gasteiger partial charge in [0.25, 0.3) is 0 Å². The number of benzene rings is 1. The summed E-state index contributed by atoms with van der Waals surface area (Å²) < 4.78 is 28.3. The molecule has 1 aromatic carbocycles. The molecule has 0 radical (unpaired) electrons. The van der Waals surface area contributed by atoms with Gasteiger partial charge in [-0.1, -0.05) is 20.8 Å². The van der Waals surface area contributed by atoms with Gasteiger partial charge in [0.05, 0.1) is 11.6 Å². The number of hydrogen-bond acceptors (Lipinski definition) is 3. The van der Waals surface area contributed by atoms with Gasteiger partial charge < -0.3 is 9.80 Å². The van der Waals surface area contributed by atoms with E-state index in [4.69, 9.17) is 5.26 Å². The molecule has 1 amide bonds. The Bertz CT molecular complexity index is 623. The van der Waals surface area contributed by atoms with Gasteiger partial charge >= 0.3 is 0 Å². The van der Waals surface area contributed by atoms with Crippen LogP contribution in [0, 0.1) is 28.4 Å². The number of halogens is 2. The summed E-state index contributed by atoms with van der Waals surface area (Å²) >= 11 is 0. The standard InChI is InChI=1S/C17H21F2N3O/c1-17(2,3)16(23)22-6-4-5-21(7-8-22)15-13(18)9-12(11-20)10-14(15)19/h9-10H,4-8H2,1-3H3. The summed E-state index contributed by atoms with van der Waals surface area (Å²) in [6, 6.07) is 3.82. The van der Waals surface area contributed by atoms with E-state index in [0.717, 1.165) is 12.1 Å². The average molecular weight is 321 g/mol. The lowest BCUT2D eigenvalue weighted by Crippen LogP contribution is -2.41. The first kappa shape index (κ1) is 17.2. The Morgan fingerprint density at radius 3 is 2.26 bits per heavy atom. The lowest BCUT2D eigenvalue weighted by atomic mass is 9.94. The van der Waals surface area contributed by atoms with E-state index in [0.29, 0.717) is 32.6 Å². The highest BCUT2D eigenvalue weighted by Crippen LogP contribution is 2.27. The van der Waals surface area contributed by atoms with Gasteiger partial charge in [-0.05, 0) is 18.6 Å². The SMILES string of the molecule is CC(C)(C)C(=O)N1CCCN(c2c(F)cc(C#N)cc2F)CC1. The van der Waals surface area contributed by atoms with Crippen molar-refractivity contribution in [3.8, 4) is 6.07 Å². The van der Waals surface area contributed by atoms with Crippen LogP contribution in [0.25, 0.3) is 0 Å². The van der Waals surface area contributed by atoms with Crippen LogP contribution in [-0.4, -0.2) is 37.0 Å². The minimum atomic E-state index is -0.739. The van der Waals surface area contributed by atoms with Gasteiger partial charge in [-0.15, -0.1) is 0 Å². The predicted octanol–water partition coefficient (Wildman–Crippen LogP) is 2.92. The van der Waals surface area contributed by atoms with Crippen LogP contribution >= 0.6 is 0 Å². The summed E-state index contributed by atoms with van der Waals surface area (Å²) in [6.07, 6.45) is 0.640. The van der Waals surface area contributed by atoms with Crippen LogP contribution in [0.5, 0.6) is 0 Å². The summed E-state index contributed by atoms with van der Waals surface area (Å²) in [5.74, 6) is -1.44. The number of nitrogens with zero attached hydrogens (tertiary/aromatic N) is 3. The number of hydrogen-bond donors (Lipinski definition) is 0. The molecule has 0 saturated carbocycles. The van der Waals surface area contributed by atoms with Gasteiger partial charge in [-0.3, -0.25) is 4.79 Å². The summed E-state index contributed by atoms with van der Waals surface area (Å²) in [5.41, 5.74) is -0.628. The van der Waals surface area contributed by atoms with E-state index in [1.165, 1.54) is 0 Å². The Kier molecular flexibility index (Phi) is 4.88. The molecule has 0 aliphatic carbocycles. The number of nitriles is 1. The van der Waals surface area contributed by atoms with Gasteiger partial charge in [-0.25, -0.2) is 8.78 Å². The fraction of sp³-hybridized carbons (Fsp3) is 0.529. The maximum absolute atomic E-state index is 14.1. The van der Waals surface area contributed by atoms with Crippen LogP contribution in [0.2, 0.25) is 0 Å². The molecule has 4 nitrogen and oxygen atoms in total. The van der Waals surface area contributed by atoms with Crippen LogP contribution in [-0.2, 0) is 4.79 Å². The van der Waals surface area contributed by atoms with Crippen molar-refractivity contribution in [1.29, 1.82) is 5.26 Å². The molecule has 23 heavy (non-hydrogen) atoms. The van der Waals surface area contributed by atoms with Crippen molar-refractivity contribution in [3.63, 3.8) is 0 Å². The summed E-state index contributed by atoms with van der Waals surface area (Å²) in [5, 5.41) is 8.76. The quantitative estimate of drug-likeness (QED) is 0.799. The maximum atomic E-state index is 14.1. The third-order valence-electron chi connectivity index (χ3n) is 3.89. The molecule has 1 aliphatic rings. The van der Waals surface area contributed by atoms with Gasteiger partial charge in [-0.2, -0.15) is 5.26 Å². The average Bonchev–Trinajstić information content (AvgIpc) is 2.70. The van der Waals surface area contributed by atoms with Crippen molar-refractivity contribution in [1.82, 2.24) is 4.90 Å². The molecule has 1 aromatic rings. The van der Waals surface area contributed by atoms with Crippen molar-refractivity contribution in [2.75, 3.05) is 31.1 Å². The van der Waals surface area contributed by atoms with E-state index in [2.05, 4.69) is 0 Å². The first-order valence-corrected chi connectivity index (χ1v) is 7.67. The van der Waals surface area contributed by atoms with Crippen LogP contribution in [0.3, 0.4) is 0 Å². The Balaban J connectivity index is 2.19. The van der Waals surface area contributed by atoms with Gasteiger partial charge in [0.1, 0.15) is 5.69 Å². The molecule has 0 atom stereocenters. The molecule has 1 heterocycles. The molecular weight excluding hydrogens is 300 g/mol. The molecule has 1 aliphatic heterocycles. The van der Waals surface area contributed by atoms with Crippen molar-refractivity contribution in [2.24, 2.45) is 5.41 Å². The highest BCUT2D eigenvalue weighted by Gasteiger charge is 2.29. The molecule has 1 saturated heterocycles. The zero-order chi connectivity index (χ0) is 17.2. The van der Waals surface area contributed by atoms with Crippen LogP contribution < -0.4 is 4.90 Å². The van der Waals surface area contributed by atoms with E-state index in [1.54, 1.807) is 15.9 Å². The smallest absolute Gasteiger partial charge is 0.228 e. The van der Waals surface area contributed by atoms with E-state index in [9.17, 15) is 13.6 Å². The van der Waals surface area contributed by atoms with Crippen molar-refractivity contribution in [3.05, 3.63) is 29.3 Å². The molecular formula is C17H21F2N3O. The monoisotopic (exact) mass is 321 g/mol. The van der Waals surface area contributed by atoms with Crippen LogP contribution in [0.1, 0.15) is 32.8 Å². The Labute approximate surface area is 135 Å². The zero-order valence-electron chi connectivity index (χ0n) is 13.7. The lowest BCUT2D eigenvalue weighted by molar-refractivity contribution is -0.139. The van der Waals surface area contributed by atoms with E-state index in [1.807, 2.05) is 20.8 Å². The molecule has 6 heteroatoms. The second-order valence-electron chi connectivity index (χ2n) is 6.78. The minimum absolute atomic E-state index is 0.0388. The second-order valence-corrected chi connectivity index (χ2v) is 6.78. The van der Waals surface area contributed by atoms with Crippen molar-refractivity contribution in [2.45, 2.75) is 27.2 Å². The van der Waals surface area contributed by atoms with E-state index >= 15 is 0 Å². The Hall–Kier alpha value is -2.16. The van der Waals surface area contributed by atoms with Gasteiger partial charge in [0, 0.05) is 31.6 Å². The molecule has 1 fully saturated rings. The maximum Gasteiger partial charge on any atom is 0.228 e. The largest absolute Gasteiger partial charge is 0.365 e. The Morgan fingerprint density at radius 1 is 1.13 bits per heavy atom. The van der Waals surface area contributed by atoms with Crippen molar-refractivity contribution >= 4 is 11.6 Å². The first-order valence-electron chi connectivity index (χ1n) is 7.67. The number of carbonyl (C=O) groups is 1. The molecule has 0 spiro atoms. The summed E-state index contributed by atoms with van der Waals surface area (Å²) in [6.45, 7) is 7.41. The summed E-state index contributed by atoms with van der Waals surface area (Å²) in [7, 11) is 0. The predicted molar refractivity (Wildman–Crippen MR) is 83.9 cm³/mol. The fourth-order valence-electron chi connectivity index (χ4n) is 2.75. The van der Waals surface area contributed by atoms with Gasteiger partial charge in [0.2, 0.25) is 5.91 Å². The summed E-state index contributed by atoms with van der Waals surface area (Å²) in [4.78, 5) is 15.7. The molecule has 0 aromatic heterocycles. The fourth-order valence-corrected chi connectivity index (χ4v) is 2.75. The first-order chi connectivity index (χ1) is 10.7. The molecule has 0 unspecified atom stereocenters. The third kappa shape index (κ3) is 3.79. The topological polar surface area (TPSA) is 47.3 Å². The minimum Gasteiger partial charge on any atom is -0.365 e. The second kappa shape index (κ2) is 6.53. The molecule has 2 rings (SSSR count). The number of amides is 1. The molecule has 0 bridgehead atoms. The van der Waals surface area contributed by atoms with Crippen LogP contribution in [0.15, 0.2) is 12.1 Å². The number of rotatable bonds is 1. The van der Waals surface area contributed by atoms with Gasteiger partial charge in [0.15, 0.2) is 11.6 Å². The molecule has 124 valence electrons. The zero-order valence-corrected chi connectivity index (χ0v) is 13.7. The van der Waals surface area contributed by atoms with E-state index < -0.39 is 17.0 Å². The van der Waals surface area contributed by atoms with Crippen molar-refractivity contribution < 1.29 is 13.6 Å². The highest BCUT2D eigenvalue weighted by atomic mass is 19.1.